The van der Waals surface area contributed by atoms with Crippen molar-refractivity contribution in [3.63, 3.8) is 0 Å². The first-order valence-electron chi connectivity index (χ1n) is 7.59. The predicted octanol–water partition coefficient (Wildman–Crippen LogP) is 4.16. The molecule has 0 aliphatic rings. The van der Waals surface area contributed by atoms with E-state index >= 15 is 0 Å². The first-order valence-corrected chi connectivity index (χ1v) is 9.22. The van der Waals surface area contributed by atoms with Crippen molar-refractivity contribution in [1.29, 1.82) is 0 Å². The minimum Gasteiger partial charge on any atom is -0.462 e. The van der Waals surface area contributed by atoms with Gasteiger partial charge < -0.3 is 10.1 Å². The molecule has 0 spiro atoms. The van der Waals surface area contributed by atoms with Gasteiger partial charge in [-0.1, -0.05) is 23.5 Å². The summed E-state index contributed by atoms with van der Waals surface area (Å²) in [7, 11) is 0. The molecule has 2 aromatic heterocycles. The third-order valence-electron chi connectivity index (χ3n) is 3.46. The fraction of sp³-hybridized carbons (Fsp3) is 0.235. The number of amides is 1. The Balaban J connectivity index is 1.73. The number of hydrogen-bond donors (Lipinski definition) is 1. The number of anilines is 1. The van der Waals surface area contributed by atoms with Crippen molar-refractivity contribution in [2.24, 2.45) is 0 Å². The van der Waals surface area contributed by atoms with Crippen LogP contribution >= 0.6 is 22.7 Å². The molecule has 8 heteroatoms. The molecular weight excluding hydrogens is 363 g/mol. The van der Waals surface area contributed by atoms with Crippen LogP contribution in [0.2, 0.25) is 0 Å². The summed E-state index contributed by atoms with van der Waals surface area (Å²) in [6.45, 7) is 3.92. The number of thiazole rings is 1. The average molecular weight is 378 g/mol. The number of rotatable bonds is 5. The molecule has 3 rings (SSSR count). The molecule has 5 nitrogen and oxygen atoms in total. The molecule has 2 heterocycles. The van der Waals surface area contributed by atoms with Gasteiger partial charge in [0.05, 0.1) is 17.7 Å². The number of esters is 1. The van der Waals surface area contributed by atoms with E-state index in [9.17, 15) is 14.0 Å². The van der Waals surface area contributed by atoms with Crippen LogP contribution in [0.3, 0.4) is 0 Å². The summed E-state index contributed by atoms with van der Waals surface area (Å²) >= 11 is 2.58. The van der Waals surface area contributed by atoms with E-state index in [0.29, 0.717) is 21.4 Å². The van der Waals surface area contributed by atoms with Crippen LogP contribution in [0.4, 0.5) is 9.52 Å². The second-order valence-electron chi connectivity index (χ2n) is 5.28. The highest BCUT2D eigenvalue weighted by Gasteiger charge is 2.20. The van der Waals surface area contributed by atoms with Crippen molar-refractivity contribution in [3.05, 3.63) is 46.1 Å². The number of carbonyl (C=O) groups is 2. The molecule has 0 atom stereocenters. The van der Waals surface area contributed by atoms with Crippen LogP contribution in [0.1, 0.15) is 27.7 Å². The Morgan fingerprint density at radius 2 is 1.96 bits per heavy atom. The number of aromatic nitrogens is 1. The maximum Gasteiger partial charge on any atom is 0.348 e. The summed E-state index contributed by atoms with van der Waals surface area (Å²) in [5.74, 6) is -0.912. The largest absolute Gasteiger partial charge is 0.462 e. The van der Waals surface area contributed by atoms with Crippen LogP contribution in [0.5, 0.6) is 0 Å². The molecule has 0 aliphatic heterocycles. The van der Waals surface area contributed by atoms with Gasteiger partial charge in [-0.05, 0) is 37.1 Å². The number of ether oxygens (including phenoxy) is 1. The monoisotopic (exact) mass is 378 g/mol. The van der Waals surface area contributed by atoms with Crippen LogP contribution in [-0.4, -0.2) is 23.5 Å². The Morgan fingerprint density at radius 1 is 1.24 bits per heavy atom. The second kappa shape index (κ2) is 7.28. The highest BCUT2D eigenvalue weighted by molar-refractivity contribution is 7.30. The van der Waals surface area contributed by atoms with Crippen molar-refractivity contribution in [2.75, 3.05) is 11.9 Å². The molecule has 25 heavy (non-hydrogen) atoms. The summed E-state index contributed by atoms with van der Waals surface area (Å²) in [5, 5.41) is 3.23. The number of carbonyl (C=O) groups excluding carboxylic acids is 2. The van der Waals surface area contributed by atoms with Crippen molar-refractivity contribution in [2.45, 2.75) is 20.3 Å². The van der Waals surface area contributed by atoms with Crippen molar-refractivity contribution >= 4 is 49.2 Å². The number of halogens is 1. The topological polar surface area (TPSA) is 68.3 Å². The van der Waals surface area contributed by atoms with Gasteiger partial charge in [0.1, 0.15) is 15.5 Å². The van der Waals surface area contributed by atoms with E-state index < -0.39 is 0 Å². The first kappa shape index (κ1) is 17.5. The lowest BCUT2D eigenvalue weighted by atomic mass is 10.1. The zero-order valence-electron chi connectivity index (χ0n) is 13.6. The molecule has 0 radical (unpaired) electrons. The minimum atomic E-state index is -0.350. The Kier molecular flexibility index (Phi) is 5.10. The Morgan fingerprint density at radius 3 is 2.60 bits per heavy atom. The number of aryl methyl sites for hydroxylation is 1. The van der Waals surface area contributed by atoms with E-state index in [2.05, 4.69) is 10.3 Å². The van der Waals surface area contributed by atoms with Gasteiger partial charge in [-0.3, -0.25) is 4.79 Å². The molecule has 0 bridgehead atoms. The Bertz CT molecular complexity index is 931. The highest BCUT2D eigenvalue weighted by Crippen LogP contribution is 2.37. The summed E-state index contributed by atoms with van der Waals surface area (Å²) in [4.78, 5) is 29.6. The number of benzene rings is 1. The van der Waals surface area contributed by atoms with Gasteiger partial charge in [-0.25, -0.2) is 14.2 Å². The van der Waals surface area contributed by atoms with Gasteiger partial charge in [0, 0.05) is 0 Å². The molecule has 0 fully saturated rings. The van der Waals surface area contributed by atoms with E-state index in [1.54, 1.807) is 19.1 Å². The molecule has 0 aliphatic carbocycles. The number of nitrogens with one attached hydrogen (secondary N) is 1. The molecular formula is C17H15FN2O3S2. The second-order valence-corrected chi connectivity index (χ2v) is 7.28. The third-order valence-corrected chi connectivity index (χ3v) is 5.85. The quantitative estimate of drug-likeness (QED) is 0.677. The number of nitrogens with zero attached hydrogens (tertiary/aromatic N) is 1. The fourth-order valence-electron chi connectivity index (χ4n) is 2.28. The standard InChI is InChI=1S/C17H15FN2O3S2/c1-3-23-16(22)14-9(2)13-15(24-14)20-17(25-13)19-12(21)8-10-4-6-11(18)7-5-10/h4-7H,3,8H2,1-2H3,(H,19,20,21). The number of thiophene rings is 1. The summed E-state index contributed by atoms with van der Waals surface area (Å²) in [6.07, 6.45) is 0.139. The highest BCUT2D eigenvalue weighted by atomic mass is 32.1. The summed E-state index contributed by atoms with van der Waals surface area (Å²) in [5.41, 5.74) is 1.54. The molecule has 1 aromatic carbocycles. The lowest BCUT2D eigenvalue weighted by Crippen LogP contribution is -2.14. The number of fused-ring (bicyclic) bond motifs is 1. The van der Waals surface area contributed by atoms with Crippen molar-refractivity contribution in [1.82, 2.24) is 4.98 Å². The zero-order chi connectivity index (χ0) is 18.0. The van der Waals surface area contributed by atoms with E-state index in [4.69, 9.17) is 4.74 Å². The molecule has 0 unspecified atom stereocenters. The van der Waals surface area contributed by atoms with Crippen LogP contribution in [0.15, 0.2) is 24.3 Å². The van der Waals surface area contributed by atoms with Gasteiger partial charge in [0.15, 0.2) is 5.13 Å². The SMILES string of the molecule is CCOC(=O)c1sc2nc(NC(=O)Cc3ccc(F)cc3)sc2c1C. The van der Waals surface area contributed by atoms with Crippen molar-refractivity contribution < 1.29 is 18.7 Å². The van der Waals surface area contributed by atoms with Crippen LogP contribution in [-0.2, 0) is 16.0 Å². The first-order chi connectivity index (χ1) is 12.0. The molecule has 3 aromatic rings. The Hall–Kier alpha value is -2.32. The predicted molar refractivity (Wildman–Crippen MR) is 96.9 cm³/mol. The van der Waals surface area contributed by atoms with Crippen molar-refractivity contribution in [3.8, 4) is 0 Å². The molecule has 1 amide bonds. The van der Waals surface area contributed by atoms with E-state index in [1.807, 2.05) is 6.92 Å². The lowest BCUT2D eigenvalue weighted by molar-refractivity contribution is -0.115. The van der Waals surface area contributed by atoms with Gasteiger partial charge in [-0.15, -0.1) is 11.3 Å². The van der Waals surface area contributed by atoms with E-state index in [-0.39, 0.29) is 24.1 Å². The normalized spacial score (nSPS) is 10.8. The Labute approximate surface area is 151 Å². The van der Waals surface area contributed by atoms with E-state index in [1.165, 1.54) is 34.8 Å². The van der Waals surface area contributed by atoms with Crippen LogP contribution < -0.4 is 5.32 Å². The smallest absolute Gasteiger partial charge is 0.348 e. The van der Waals surface area contributed by atoms with Crippen LogP contribution in [0, 0.1) is 12.7 Å². The summed E-state index contributed by atoms with van der Waals surface area (Å²) in [6, 6.07) is 5.79. The maximum absolute atomic E-state index is 12.9. The third kappa shape index (κ3) is 3.85. The lowest BCUT2D eigenvalue weighted by Gasteiger charge is -2.02. The fourth-order valence-corrected chi connectivity index (χ4v) is 4.51. The van der Waals surface area contributed by atoms with Crippen LogP contribution in [0.25, 0.3) is 9.53 Å². The maximum atomic E-state index is 12.9. The molecule has 1 N–H and O–H groups in total. The molecule has 0 saturated heterocycles. The zero-order valence-corrected chi connectivity index (χ0v) is 15.2. The summed E-state index contributed by atoms with van der Waals surface area (Å²) < 4.78 is 18.8. The van der Waals surface area contributed by atoms with Gasteiger partial charge in [0.2, 0.25) is 5.91 Å². The van der Waals surface area contributed by atoms with Gasteiger partial charge >= 0.3 is 5.97 Å². The number of hydrogen-bond acceptors (Lipinski definition) is 6. The molecule has 0 saturated carbocycles. The average Bonchev–Trinajstić information content (AvgIpc) is 3.09. The van der Waals surface area contributed by atoms with E-state index in [0.717, 1.165) is 15.8 Å². The van der Waals surface area contributed by atoms with Gasteiger partial charge in [0.25, 0.3) is 0 Å². The minimum absolute atomic E-state index is 0.139. The van der Waals surface area contributed by atoms with Gasteiger partial charge in [-0.2, -0.15) is 0 Å². The molecule has 130 valence electrons.